The number of benzene rings is 1. The van der Waals surface area contributed by atoms with Crippen molar-refractivity contribution < 1.29 is 4.52 Å². The average Bonchev–Trinajstić information content (AvgIpc) is 2.56. The lowest BCUT2D eigenvalue weighted by molar-refractivity contribution is 0.435. The molecule has 0 saturated carbocycles. The summed E-state index contributed by atoms with van der Waals surface area (Å²) < 4.78 is 6.98. The minimum Gasteiger partial charge on any atom is -0.381 e. The summed E-state index contributed by atoms with van der Waals surface area (Å²) in [5, 5.41) is 3.63. The van der Waals surface area contributed by atoms with E-state index in [-0.39, 0.29) is 0 Å². The lowest BCUT2D eigenvalue weighted by Gasteiger charge is -1.99. The number of nitrogen functional groups attached to an aromatic ring is 1. The van der Waals surface area contributed by atoms with E-state index in [0.717, 1.165) is 14.5 Å². The topological polar surface area (TPSA) is 52.0 Å². The maximum Gasteiger partial charge on any atom is 0.170 e. The van der Waals surface area contributed by atoms with E-state index in [1.165, 1.54) is 0 Å². The zero-order valence-electron chi connectivity index (χ0n) is 7.00. The van der Waals surface area contributed by atoms with E-state index in [2.05, 4.69) is 37.0 Å². The number of aromatic nitrogens is 1. The minimum atomic E-state index is 0.381. The molecule has 0 aliphatic heterocycles. The molecule has 2 aromatic rings. The van der Waals surface area contributed by atoms with Crippen molar-refractivity contribution in [3.63, 3.8) is 0 Å². The zero-order chi connectivity index (χ0) is 10.1. The maximum atomic E-state index is 5.47. The highest BCUT2D eigenvalue weighted by atomic mass is 79.9. The molecule has 72 valence electrons. The number of nitrogens with zero attached hydrogens (tertiary/aromatic N) is 1. The second-order valence-corrected chi connectivity index (χ2v) is 4.51. The Morgan fingerprint density at radius 1 is 1.21 bits per heavy atom. The Labute approximate surface area is 97.5 Å². The molecule has 0 amide bonds. The summed E-state index contributed by atoms with van der Waals surface area (Å²) >= 11 is 6.81. The van der Waals surface area contributed by atoms with Crippen LogP contribution < -0.4 is 5.73 Å². The predicted molar refractivity (Wildman–Crippen MR) is 61.8 cm³/mol. The molecule has 0 saturated heterocycles. The van der Waals surface area contributed by atoms with Crippen LogP contribution in [0, 0.1) is 0 Å². The SMILES string of the molecule is Nc1cc(-c2cc(Br)ccc2Br)on1. The third kappa shape index (κ3) is 1.83. The second-order valence-electron chi connectivity index (χ2n) is 2.74. The van der Waals surface area contributed by atoms with Gasteiger partial charge in [-0.15, -0.1) is 0 Å². The lowest BCUT2D eigenvalue weighted by atomic mass is 10.2. The molecule has 5 heteroatoms. The first kappa shape index (κ1) is 9.73. The molecule has 1 aromatic heterocycles. The first-order valence-electron chi connectivity index (χ1n) is 3.84. The van der Waals surface area contributed by atoms with Crippen LogP contribution in [0.25, 0.3) is 11.3 Å². The van der Waals surface area contributed by atoms with Crippen LogP contribution in [0.4, 0.5) is 5.82 Å². The summed E-state index contributed by atoms with van der Waals surface area (Å²) in [4.78, 5) is 0. The summed E-state index contributed by atoms with van der Waals surface area (Å²) in [6, 6.07) is 7.49. The van der Waals surface area contributed by atoms with Crippen LogP contribution in [-0.2, 0) is 0 Å². The van der Waals surface area contributed by atoms with Gasteiger partial charge in [-0.1, -0.05) is 37.0 Å². The molecule has 14 heavy (non-hydrogen) atoms. The third-order valence-electron chi connectivity index (χ3n) is 1.72. The van der Waals surface area contributed by atoms with Crippen molar-refractivity contribution in [2.24, 2.45) is 0 Å². The molecule has 2 N–H and O–H groups in total. The van der Waals surface area contributed by atoms with Crippen LogP contribution >= 0.6 is 31.9 Å². The smallest absolute Gasteiger partial charge is 0.170 e. The van der Waals surface area contributed by atoms with Gasteiger partial charge in [0, 0.05) is 20.6 Å². The first-order chi connectivity index (χ1) is 6.66. The van der Waals surface area contributed by atoms with E-state index in [9.17, 15) is 0 Å². The van der Waals surface area contributed by atoms with E-state index >= 15 is 0 Å². The Bertz CT molecular complexity index is 468. The zero-order valence-corrected chi connectivity index (χ0v) is 10.2. The van der Waals surface area contributed by atoms with Gasteiger partial charge in [-0.3, -0.25) is 0 Å². The Hall–Kier alpha value is -0.810. The van der Waals surface area contributed by atoms with Crippen molar-refractivity contribution in [3.05, 3.63) is 33.2 Å². The van der Waals surface area contributed by atoms with E-state index in [0.29, 0.717) is 11.6 Å². The number of nitrogens with two attached hydrogens (primary N) is 1. The molecule has 0 atom stereocenters. The Kier molecular flexibility index (Phi) is 2.60. The van der Waals surface area contributed by atoms with Crippen molar-refractivity contribution >= 4 is 37.7 Å². The number of hydrogen-bond donors (Lipinski definition) is 1. The molecule has 0 unspecified atom stereocenters. The molecule has 2 rings (SSSR count). The second kappa shape index (κ2) is 3.74. The molecular formula is C9H6Br2N2O. The predicted octanol–water partition coefficient (Wildman–Crippen LogP) is 3.45. The molecule has 0 bridgehead atoms. The monoisotopic (exact) mass is 316 g/mol. The van der Waals surface area contributed by atoms with Gasteiger partial charge in [0.25, 0.3) is 0 Å². The van der Waals surface area contributed by atoms with Crippen molar-refractivity contribution in [1.29, 1.82) is 0 Å². The highest BCUT2D eigenvalue weighted by Crippen LogP contribution is 2.31. The van der Waals surface area contributed by atoms with Crippen LogP contribution in [0.1, 0.15) is 0 Å². The largest absolute Gasteiger partial charge is 0.381 e. The molecule has 1 aromatic carbocycles. The van der Waals surface area contributed by atoms with Gasteiger partial charge in [0.1, 0.15) is 0 Å². The van der Waals surface area contributed by atoms with E-state index < -0.39 is 0 Å². The number of halogens is 2. The average molecular weight is 318 g/mol. The highest BCUT2D eigenvalue weighted by Gasteiger charge is 2.08. The number of anilines is 1. The summed E-state index contributed by atoms with van der Waals surface area (Å²) in [5.41, 5.74) is 6.39. The Morgan fingerprint density at radius 2 is 2.00 bits per heavy atom. The fourth-order valence-corrected chi connectivity index (χ4v) is 1.91. The standard InChI is InChI=1S/C9H6Br2N2O/c10-5-1-2-7(11)6(3-5)8-4-9(12)13-14-8/h1-4H,(H2,12,13). The van der Waals surface area contributed by atoms with Crippen LogP contribution in [0.5, 0.6) is 0 Å². The quantitative estimate of drug-likeness (QED) is 0.876. The maximum absolute atomic E-state index is 5.47. The van der Waals surface area contributed by atoms with Crippen LogP contribution in [0.15, 0.2) is 37.7 Å². The first-order valence-corrected chi connectivity index (χ1v) is 5.43. The van der Waals surface area contributed by atoms with Crippen molar-refractivity contribution in [1.82, 2.24) is 5.16 Å². The molecule has 3 nitrogen and oxygen atoms in total. The Balaban J connectivity index is 2.55. The van der Waals surface area contributed by atoms with E-state index in [4.69, 9.17) is 10.3 Å². The third-order valence-corrected chi connectivity index (χ3v) is 2.91. The summed E-state index contributed by atoms with van der Waals surface area (Å²) in [6.07, 6.45) is 0. The molecule has 0 fully saturated rings. The van der Waals surface area contributed by atoms with E-state index in [1.807, 2.05) is 18.2 Å². The van der Waals surface area contributed by atoms with Gasteiger partial charge in [-0.2, -0.15) is 0 Å². The molecule has 0 aliphatic rings. The van der Waals surface area contributed by atoms with Crippen LogP contribution in [0.2, 0.25) is 0 Å². The Morgan fingerprint density at radius 3 is 2.64 bits per heavy atom. The van der Waals surface area contributed by atoms with Crippen LogP contribution in [-0.4, -0.2) is 5.16 Å². The number of hydrogen-bond acceptors (Lipinski definition) is 3. The summed E-state index contributed by atoms with van der Waals surface area (Å²) in [5.74, 6) is 1.03. The van der Waals surface area contributed by atoms with E-state index in [1.54, 1.807) is 6.07 Å². The van der Waals surface area contributed by atoms with Crippen molar-refractivity contribution in [3.8, 4) is 11.3 Å². The van der Waals surface area contributed by atoms with Gasteiger partial charge < -0.3 is 10.3 Å². The fourth-order valence-electron chi connectivity index (χ4n) is 1.10. The fraction of sp³-hybridized carbons (Fsp3) is 0. The molecule has 1 heterocycles. The highest BCUT2D eigenvalue weighted by molar-refractivity contribution is 9.11. The van der Waals surface area contributed by atoms with Gasteiger partial charge in [-0.25, -0.2) is 0 Å². The molecule has 0 spiro atoms. The summed E-state index contributed by atoms with van der Waals surface area (Å²) in [7, 11) is 0. The van der Waals surface area contributed by atoms with Gasteiger partial charge in [0.2, 0.25) is 0 Å². The molecule has 0 aliphatic carbocycles. The summed E-state index contributed by atoms with van der Waals surface area (Å²) in [6.45, 7) is 0. The van der Waals surface area contributed by atoms with Gasteiger partial charge in [-0.05, 0) is 18.2 Å². The van der Waals surface area contributed by atoms with Gasteiger partial charge >= 0.3 is 0 Å². The number of rotatable bonds is 1. The molecular weight excluding hydrogens is 312 g/mol. The van der Waals surface area contributed by atoms with Crippen molar-refractivity contribution in [2.45, 2.75) is 0 Å². The minimum absolute atomic E-state index is 0.381. The van der Waals surface area contributed by atoms with Gasteiger partial charge in [0.15, 0.2) is 11.6 Å². The van der Waals surface area contributed by atoms with Crippen LogP contribution in [0.3, 0.4) is 0 Å². The normalized spacial score (nSPS) is 10.4. The lowest BCUT2D eigenvalue weighted by Crippen LogP contribution is -1.80. The van der Waals surface area contributed by atoms with Crippen molar-refractivity contribution in [2.75, 3.05) is 5.73 Å². The molecule has 0 radical (unpaired) electrons. The van der Waals surface area contributed by atoms with Gasteiger partial charge in [0.05, 0.1) is 0 Å².